The maximum atomic E-state index is 12.9. The summed E-state index contributed by atoms with van der Waals surface area (Å²) in [6.45, 7) is 0. The van der Waals surface area contributed by atoms with Crippen LogP contribution >= 0.6 is 11.6 Å². The van der Waals surface area contributed by atoms with Crippen LogP contribution in [0.4, 0.5) is 11.4 Å². The van der Waals surface area contributed by atoms with Gasteiger partial charge in [-0.25, -0.2) is 4.68 Å². The van der Waals surface area contributed by atoms with Gasteiger partial charge in [0.25, 0.3) is 5.69 Å². The molecular weight excluding hydrogens is 444 g/mol. The largest absolute Gasteiger partial charge is 0.495 e. The second-order valence-electron chi connectivity index (χ2n) is 7.16. The molecular formula is C24H19ClN4O4. The Bertz CT molecular complexity index is 1300. The molecule has 166 valence electrons. The molecule has 0 unspecified atom stereocenters. The van der Waals surface area contributed by atoms with E-state index in [0.29, 0.717) is 33.3 Å². The van der Waals surface area contributed by atoms with Crippen LogP contribution in [0.1, 0.15) is 5.56 Å². The molecule has 0 saturated carbocycles. The third-order valence-electron chi connectivity index (χ3n) is 4.95. The number of nitrogens with zero attached hydrogens (tertiary/aromatic N) is 3. The average molecular weight is 463 g/mol. The van der Waals surface area contributed by atoms with Crippen LogP contribution in [0.5, 0.6) is 5.75 Å². The zero-order chi connectivity index (χ0) is 23.4. The topological polar surface area (TPSA) is 99.3 Å². The number of nitro benzene ring substituents is 1. The summed E-state index contributed by atoms with van der Waals surface area (Å²) in [6, 6.07) is 20.5. The first-order chi connectivity index (χ1) is 15.9. The fraction of sp³-hybridized carbons (Fsp3) is 0.0833. The molecule has 33 heavy (non-hydrogen) atoms. The number of carbonyl (C=O) groups is 1. The molecule has 0 aliphatic carbocycles. The van der Waals surface area contributed by atoms with Gasteiger partial charge in [-0.1, -0.05) is 29.8 Å². The minimum atomic E-state index is -0.459. The third kappa shape index (κ3) is 5.02. The van der Waals surface area contributed by atoms with Crippen molar-refractivity contribution >= 4 is 28.9 Å². The first-order valence-corrected chi connectivity index (χ1v) is 10.3. The van der Waals surface area contributed by atoms with Crippen molar-refractivity contribution in [2.75, 3.05) is 12.4 Å². The first kappa shape index (κ1) is 22.0. The molecule has 0 atom stereocenters. The third-order valence-corrected chi connectivity index (χ3v) is 5.18. The van der Waals surface area contributed by atoms with Crippen LogP contribution in [-0.2, 0) is 11.2 Å². The maximum Gasteiger partial charge on any atom is 0.269 e. The molecule has 4 rings (SSSR count). The SMILES string of the molecule is COc1ccc(Cl)cc1NC(=O)Cc1cn(-c2ccccc2)nc1-c1ccc([N+](=O)[O-])cc1. The Morgan fingerprint density at radius 1 is 1.12 bits per heavy atom. The smallest absolute Gasteiger partial charge is 0.269 e. The molecule has 4 aromatic rings. The number of aromatic nitrogens is 2. The van der Waals surface area contributed by atoms with E-state index in [1.165, 1.54) is 19.2 Å². The number of rotatable bonds is 7. The highest BCUT2D eigenvalue weighted by molar-refractivity contribution is 6.31. The van der Waals surface area contributed by atoms with E-state index >= 15 is 0 Å². The van der Waals surface area contributed by atoms with Crippen molar-refractivity contribution in [1.29, 1.82) is 0 Å². The van der Waals surface area contributed by atoms with E-state index in [-0.39, 0.29) is 18.0 Å². The number of para-hydroxylation sites is 1. The highest BCUT2D eigenvalue weighted by atomic mass is 35.5. The van der Waals surface area contributed by atoms with Gasteiger partial charge in [-0.2, -0.15) is 5.10 Å². The molecule has 1 heterocycles. The van der Waals surface area contributed by atoms with E-state index in [1.807, 2.05) is 30.3 Å². The Balaban J connectivity index is 1.67. The summed E-state index contributed by atoms with van der Waals surface area (Å²) in [7, 11) is 1.51. The Labute approximate surface area is 194 Å². The average Bonchev–Trinajstić information content (AvgIpc) is 3.23. The highest BCUT2D eigenvalue weighted by Crippen LogP contribution is 2.29. The molecule has 3 aromatic carbocycles. The second-order valence-corrected chi connectivity index (χ2v) is 7.59. The van der Waals surface area contributed by atoms with Crippen LogP contribution in [0.2, 0.25) is 5.02 Å². The van der Waals surface area contributed by atoms with Gasteiger partial charge >= 0.3 is 0 Å². The summed E-state index contributed by atoms with van der Waals surface area (Å²) in [5.41, 5.74) is 3.14. The normalized spacial score (nSPS) is 10.6. The van der Waals surface area contributed by atoms with Crippen molar-refractivity contribution in [3.63, 3.8) is 0 Å². The number of non-ortho nitro benzene ring substituents is 1. The molecule has 0 aliphatic rings. The van der Waals surface area contributed by atoms with Crippen LogP contribution in [0.15, 0.2) is 79.0 Å². The molecule has 1 N–H and O–H groups in total. The summed E-state index contributed by atoms with van der Waals surface area (Å²) < 4.78 is 6.97. The van der Waals surface area contributed by atoms with Gasteiger partial charge in [0, 0.05) is 34.5 Å². The summed E-state index contributed by atoms with van der Waals surface area (Å²) >= 11 is 6.06. The van der Waals surface area contributed by atoms with Crippen LogP contribution < -0.4 is 10.1 Å². The number of nitro groups is 1. The van der Waals surface area contributed by atoms with E-state index in [9.17, 15) is 14.9 Å². The van der Waals surface area contributed by atoms with Gasteiger partial charge in [-0.3, -0.25) is 14.9 Å². The van der Waals surface area contributed by atoms with Crippen molar-refractivity contribution in [3.05, 3.63) is 99.7 Å². The predicted octanol–water partition coefficient (Wildman–Crippen LogP) is 5.29. The quantitative estimate of drug-likeness (QED) is 0.297. The monoisotopic (exact) mass is 462 g/mol. The lowest BCUT2D eigenvalue weighted by molar-refractivity contribution is -0.384. The van der Waals surface area contributed by atoms with Gasteiger partial charge in [0.1, 0.15) is 5.75 Å². The summed E-state index contributed by atoms with van der Waals surface area (Å²) in [5, 5.41) is 19.0. The Kier molecular flexibility index (Phi) is 6.37. The predicted molar refractivity (Wildman–Crippen MR) is 126 cm³/mol. The number of halogens is 1. The van der Waals surface area contributed by atoms with Gasteiger partial charge in [0.15, 0.2) is 0 Å². The lowest BCUT2D eigenvalue weighted by Gasteiger charge is -2.10. The number of carbonyl (C=O) groups excluding carboxylic acids is 1. The number of amides is 1. The molecule has 1 aromatic heterocycles. The lowest BCUT2D eigenvalue weighted by Crippen LogP contribution is -2.15. The molecule has 0 radical (unpaired) electrons. The molecule has 0 saturated heterocycles. The number of anilines is 1. The number of benzene rings is 3. The minimum absolute atomic E-state index is 0.0198. The van der Waals surface area contributed by atoms with Gasteiger partial charge in [-0.05, 0) is 42.5 Å². The number of hydrogen-bond donors (Lipinski definition) is 1. The number of ether oxygens (including phenoxy) is 1. The molecule has 1 amide bonds. The highest BCUT2D eigenvalue weighted by Gasteiger charge is 2.18. The first-order valence-electron chi connectivity index (χ1n) is 9.97. The Morgan fingerprint density at radius 3 is 2.52 bits per heavy atom. The lowest BCUT2D eigenvalue weighted by atomic mass is 10.1. The molecule has 9 heteroatoms. The molecule has 0 fully saturated rings. The van der Waals surface area contributed by atoms with Crippen LogP contribution in [-0.4, -0.2) is 27.7 Å². The fourth-order valence-corrected chi connectivity index (χ4v) is 3.55. The molecule has 0 bridgehead atoms. The minimum Gasteiger partial charge on any atom is -0.495 e. The van der Waals surface area contributed by atoms with Gasteiger partial charge in [0.05, 0.1) is 35.5 Å². The maximum absolute atomic E-state index is 12.9. The van der Waals surface area contributed by atoms with E-state index in [0.717, 1.165) is 5.69 Å². The van der Waals surface area contributed by atoms with Crippen molar-refractivity contribution < 1.29 is 14.5 Å². The zero-order valence-corrected chi connectivity index (χ0v) is 18.3. The van der Waals surface area contributed by atoms with Crippen molar-refractivity contribution in [1.82, 2.24) is 9.78 Å². The van der Waals surface area contributed by atoms with Crippen LogP contribution in [0.3, 0.4) is 0 Å². The van der Waals surface area contributed by atoms with E-state index in [1.54, 1.807) is 41.2 Å². The Morgan fingerprint density at radius 2 is 1.85 bits per heavy atom. The number of hydrogen-bond acceptors (Lipinski definition) is 5. The van der Waals surface area contributed by atoms with Gasteiger partial charge < -0.3 is 10.1 Å². The molecule has 0 aliphatic heterocycles. The van der Waals surface area contributed by atoms with Crippen molar-refractivity contribution in [2.24, 2.45) is 0 Å². The standard InChI is InChI=1S/C24H19ClN4O4/c1-33-22-12-9-18(25)14-21(22)26-23(30)13-17-15-28(19-5-3-2-4-6-19)27-24(17)16-7-10-20(11-8-16)29(31)32/h2-12,14-15H,13H2,1H3,(H,26,30). The number of nitrogens with one attached hydrogen (secondary N) is 1. The summed E-state index contributed by atoms with van der Waals surface area (Å²) in [5.74, 6) is 0.203. The van der Waals surface area contributed by atoms with Crippen LogP contribution in [0, 0.1) is 10.1 Å². The Hall–Kier alpha value is -4.17. The molecule has 8 nitrogen and oxygen atoms in total. The number of methoxy groups -OCH3 is 1. The zero-order valence-electron chi connectivity index (χ0n) is 17.6. The van der Waals surface area contributed by atoms with E-state index in [4.69, 9.17) is 16.3 Å². The molecule has 0 spiro atoms. The van der Waals surface area contributed by atoms with Gasteiger partial charge in [-0.15, -0.1) is 0 Å². The van der Waals surface area contributed by atoms with Crippen molar-refractivity contribution in [2.45, 2.75) is 6.42 Å². The van der Waals surface area contributed by atoms with E-state index in [2.05, 4.69) is 10.4 Å². The fourth-order valence-electron chi connectivity index (χ4n) is 3.38. The second kappa shape index (κ2) is 9.54. The summed E-state index contributed by atoms with van der Waals surface area (Å²) in [4.78, 5) is 23.5. The van der Waals surface area contributed by atoms with Gasteiger partial charge in [0.2, 0.25) is 5.91 Å². The van der Waals surface area contributed by atoms with Crippen LogP contribution in [0.25, 0.3) is 16.9 Å². The van der Waals surface area contributed by atoms with Crippen molar-refractivity contribution in [3.8, 4) is 22.7 Å². The van der Waals surface area contributed by atoms with E-state index < -0.39 is 4.92 Å². The summed E-state index contributed by atoms with van der Waals surface area (Å²) in [6.07, 6.45) is 1.80.